The van der Waals surface area contributed by atoms with E-state index in [9.17, 15) is 18.0 Å². The molecule has 26 heavy (non-hydrogen) atoms. The van der Waals surface area contributed by atoms with Gasteiger partial charge in [-0.05, 0) is 42.0 Å². The molecule has 0 bridgehead atoms. The zero-order chi connectivity index (χ0) is 19.3. The molecule has 0 fully saturated rings. The number of ether oxygens (including phenoxy) is 1. The van der Waals surface area contributed by atoms with Crippen LogP contribution >= 0.6 is 11.6 Å². The molecular weight excluding hydrogens is 378 g/mol. The van der Waals surface area contributed by atoms with Gasteiger partial charge in [-0.2, -0.15) is 0 Å². The van der Waals surface area contributed by atoms with Crippen LogP contribution in [0.1, 0.15) is 15.9 Å². The number of anilines is 1. The van der Waals surface area contributed by atoms with Gasteiger partial charge in [0.05, 0.1) is 28.3 Å². The molecule has 0 atom stereocenters. The minimum Gasteiger partial charge on any atom is -0.465 e. The molecule has 136 valence electrons. The van der Waals surface area contributed by atoms with E-state index in [1.807, 2.05) is 0 Å². The van der Waals surface area contributed by atoms with E-state index in [4.69, 9.17) is 11.6 Å². The van der Waals surface area contributed by atoms with Gasteiger partial charge in [0.2, 0.25) is 5.91 Å². The molecule has 2 rings (SSSR count). The summed E-state index contributed by atoms with van der Waals surface area (Å²) in [5, 5.41) is 2.76. The van der Waals surface area contributed by atoms with E-state index in [-0.39, 0.29) is 15.6 Å². The highest BCUT2D eigenvalue weighted by Gasteiger charge is 2.11. The van der Waals surface area contributed by atoms with Gasteiger partial charge in [-0.3, -0.25) is 4.79 Å². The molecule has 6 nitrogen and oxygen atoms in total. The van der Waals surface area contributed by atoms with Gasteiger partial charge in [0.25, 0.3) is 0 Å². The van der Waals surface area contributed by atoms with Crippen LogP contribution in [0.25, 0.3) is 6.08 Å². The van der Waals surface area contributed by atoms with Crippen molar-refractivity contribution >= 4 is 45.1 Å². The summed E-state index contributed by atoms with van der Waals surface area (Å²) in [5.41, 5.74) is 1.30. The van der Waals surface area contributed by atoms with Crippen molar-refractivity contribution in [2.75, 3.05) is 18.7 Å². The molecule has 0 aliphatic heterocycles. The summed E-state index contributed by atoms with van der Waals surface area (Å²) in [4.78, 5) is 23.5. The first-order chi connectivity index (χ1) is 12.2. The van der Waals surface area contributed by atoms with Gasteiger partial charge in [-0.1, -0.05) is 23.7 Å². The number of rotatable bonds is 5. The molecule has 0 aromatic heterocycles. The standard InChI is InChI=1S/C18H16ClNO5S/c1-25-18(22)13-6-3-12(4-7-13)5-10-17(21)20-16-11-14(26(2,23)24)8-9-15(16)19/h3-11H,1-2H3,(H,20,21)/b10-5+. The van der Waals surface area contributed by atoms with Crippen molar-refractivity contribution in [1.82, 2.24) is 0 Å². The second-order valence-corrected chi connectivity index (χ2v) is 7.77. The Bertz CT molecular complexity index is 966. The molecule has 2 aromatic rings. The molecule has 0 saturated carbocycles. The Hall–Kier alpha value is -2.64. The largest absolute Gasteiger partial charge is 0.465 e. The number of esters is 1. The van der Waals surface area contributed by atoms with Crippen LogP contribution in [0, 0.1) is 0 Å². The number of sulfone groups is 1. The Morgan fingerprint density at radius 2 is 1.77 bits per heavy atom. The van der Waals surface area contributed by atoms with Gasteiger partial charge in [0.15, 0.2) is 9.84 Å². The number of nitrogens with one attached hydrogen (secondary N) is 1. The van der Waals surface area contributed by atoms with Crippen LogP contribution in [0.15, 0.2) is 53.4 Å². The van der Waals surface area contributed by atoms with Crippen molar-refractivity contribution in [3.8, 4) is 0 Å². The van der Waals surface area contributed by atoms with Crippen LogP contribution in [0.3, 0.4) is 0 Å². The van der Waals surface area contributed by atoms with Crippen molar-refractivity contribution in [2.45, 2.75) is 4.90 Å². The van der Waals surface area contributed by atoms with E-state index in [1.165, 1.54) is 31.4 Å². The van der Waals surface area contributed by atoms with Crippen LogP contribution in [0.2, 0.25) is 5.02 Å². The molecule has 0 heterocycles. The van der Waals surface area contributed by atoms with Crippen molar-refractivity contribution in [3.05, 3.63) is 64.7 Å². The lowest BCUT2D eigenvalue weighted by Crippen LogP contribution is -2.09. The van der Waals surface area contributed by atoms with Gasteiger partial charge < -0.3 is 10.1 Å². The summed E-state index contributed by atoms with van der Waals surface area (Å²) in [7, 11) is -2.12. The summed E-state index contributed by atoms with van der Waals surface area (Å²) in [6.45, 7) is 0. The van der Waals surface area contributed by atoms with Crippen LogP contribution in [-0.4, -0.2) is 33.7 Å². The first-order valence-electron chi connectivity index (χ1n) is 7.38. The predicted molar refractivity (Wildman–Crippen MR) is 100 cm³/mol. The maximum Gasteiger partial charge on any atom is 0.337 e. The van der Waals surface area contributed by atoms with Crippen molar-refractivity contribution in [1.29, 1.82) is 0 Å². The fraction of sp³-hybridized carbons (Fsp3) is 0.111. The van der Waals surface area contributed by atoms with E-state index < -0.39 is 21.7 Å². The van der Waals surface area contributed by atoms with Crippen LogP contribution in [0.4, 0.5) is 5.69 Å². The maximum atomic E-state index is 12.0. The Kier molecular flexibility index (Phi) is 6.18. The lowest BCUT2D eigenvalue weighted by Gasteiger charge is -2.07. The number of hydrogen-bond donors (Lipinski definition) is 1. The number of amides is 1. The number of carbonyl (C=O) groups excluding carboxylic acids is 2. The molecule has 0 unspecified atom stereocenters. The smallest absolute Gasteiger partial charge is 0.337 e. The highest BCUT2D eigenvalue weighted by molar-refractivity contribution is 7.90. The number of methoxy groups -OCH3 is 1. The van der Waals surface area contributed by atoms with Crippen LogP contribution in [0.5, 0.6) is 0 Å². The van der Waals surface area contributed by atoms with Gasteiger partial charge >= 0.3 is 5.97 Å². The quantitative estimate of drug-likeness (QED) is 0.622. The molecule has 1 amide bonds. The number of halogens is 1. The molecule has 0 radical (unpaired) electrons. The molecule has 0 saturated heterocycles. The summed E-state index contributed by atoms with van der Waals surface area (Å²) in [6, 6.07) is 10.6. The van der Waals surface area contributed by atoms with Gasteiger partial charge in [-0.15, -0.1) is 0 Å². The molecule has 8 heteroatoms. The number of hydrogen-bond acceptors (Lipinski definition) is 5. The molecular formula is C18H16ClNO5S. The normalized spacial score (nSPS) is 11.3. The van der Waals surface area contributed by atoms with E-state index >= 15 is 0 Å². The zero-order valence-corrected chi connectivity index (χ0v) is 15.6. The first-order valence-corrected chi connectivity index (χ1v) is 9.64. The third kappa shape index (κ3) is 5.18. The fourth-order valence-corrected chi connectivity index (χ4v) is 2.84. The Labute approximate surface area is 156 Å². The zero-order valence-electron chi connectivity index (χ0n) is 14.0. The van der Waals surface area contributed by atoms with Gasteiger partial charge in [0.1, 0.15) is 0 Å². The Morgan fingerprint density at radius 1 is 1.12 bits per heavy atom. The average Bonchev–Trinajstić information content (AvgIpc) is 2.60. The van der Waals surface area contributed by atoms with E-state index in [1.54, 1.807) is 30.3 Å². The molecule has 1 N–H and O–H groups in total. The monoisotopic (exact) mass is 393 g/mol. The molecule has 2 aromatic carbocycles. The topological polar surface area (TPSA) is 89.5 Å². The molecule has 0 spiro atoms. The highest BCUT2D eigenvalue weighted by Crippen LogP contribution is 2.25. The predicted octanol–water partition coefficient (Wildman–Crippen LogP) is 3.18. The second-order valence-electron chi connectivity index (χ2n) is 5.35. The lowest BCUT2D eigenvalue weighted by molar-refractivity contribution is -0.111. The minimum atomic E-state index is -3.41. The molecule has 0 aliphatic rings. The maximum absolute atomic E-state index is 12.0. The third-order valence-electron chi connectivity index (χ3n) is 3.38. The SMILES string of the molecule is COC(=O)c1ccc(/C=C/C(=O)Nc2cc(S(C)(=O)=O)ccc2Cl)cc1. The van der Waals surface area contributed by atoms with Crippen LogP contribution < -0.4 is 5.32 Å². The summed E-state index contributed by atoms with van der Waals surface area (Å²) >= 11 is 5.99. The first kappa shape index (κ1) is 19.7. The van der Waals surface area contributed by atoms with Crippen LogP contribution in [-0.2, 0) is 19.4 Å². The van der Waals surface area contributed by atoms with E-state index in [0.717, 1.165) is 6.26 Å². The second kappa shape index (κ2) is 8.16. The summed E-state index contributed by atoms with van der Waals surface area (Å²) < 4.78 is 27.8. The lowest BCUT2D eigenvalue weighted by atomic mass is 10.1. The van der Waals surface area contributed by atoms with Gasteiger partial charge in [-0.25, -0.2) is 13.2 Å². The van der Waals surface area contributed by atoms with Crippen molar-refractivity contribution < 1.29 is 22.7 Å². The third-order valence-corrected chi connectivity index (χ3v) is 4.82. The Balaban J connectivity index is 2.11. The average molecular weight is 394 g/mol. The number of benzene rings is 2. The summed E-state index contributed by atoms with van der Waals surface area (Å²) in [5.74, 6) is -0.923. The fourth-order valence-electron chi connectivity index (χ4n) is 2.03. The highest BCUT2D eigenvalue weighted by atomic mass is 35.5. The Morgan fingerprint density at radius 3 is 2.35 bits per heavy atom. The number of carbonyl (C=O) groups is 2. The van der Waals surface area contributed by atoms with Crippen molar-refractivity contribution in [3.63, 3.8) is 0 Å². The molecule has 0 aliphatic carbocycles. The van der Waals surface area contributed by atoms with Gasteiger partial charge in [0, 0.05) is 12.3 Å². The van der Waals surface area contributed by atoms with E-state index in [0.29, 0.717) is 11.1 Å². The minimum absolute atomic E-state index is 0.0552. The van der Waals surface area contributed by atoms with E-state index in [2.05, 4.69) is 10.1 Å². The summed E-state index contributed by atoms with van der Waals surface area (Å²) in [6.07, 6.45) is 3.89. The van der Waals surface area contributed by atoms with Crippen molar-refractivity contribution in [2.24, 2.45) is 0 Å².